The molecule has 0 amide bonds. The predicted molar refractivity (Wildman–Crippen MR) is 145 cm³/mol. The van der Waals surface area contributed by atoms with Gasteiger partial charge in [0.2, 0.25) is 0 Å². The van der Waals surface area contributed by atoms with Gasteiger partial charge in [0.25, 0.3) is 0 Å². The molecule has 2 nitrogen and oxygen atoms in total. The average molecular weight is 493 g/mol. The molecule has 0 radical (unpaired) electrons. The molecule has 0 saturated carbocycles. The van der Waals surface area contributed by atoms with Crippen molar-refractivity contribution in [2.24, 2.45) is 0 Å². The second kappa shape index (κ2) is 8.36. The van der Waals surface area contributed by atoms with Gasteiger partial charge < -0.3 is 9.67 Å². The summed E-state index contributed by atoms with van der Waals surface area (Å²) in [6.07, 6.45) is 0. The molecule has 0 aliphatic carbocycles. The summed E-state index contributed by atoms with van der Waals surface area (Å²) < 4.78 is 15.4. The van der Waals surface area contributed by atoms with Crippen LogP contribution in [0, 0.1) is 0 Å². The van der Waals surface area contributed by atoms with Gasteiger partial charge in [-0.2, -0.15) is 0 Å². The van der Waals surface area contributed by atoms with Gasteiger partial charge in [-0.3, -0.25) is 0 Å². The zero-order valence-corrected chi connectivity index (χ0v) is 20.5. The lowest BCUT2D eigenvalue weighted by atomic mass is 9.79. The van der Waals surface area contributed by atoms with Crippen LogP contribution < -0.4 is 15.9 Å². The van der Waals surface area contributed by atoms with Gasteiger partial charge in [-0.15, -0.1) is 0 Å². The number of aliphatic hydroxyl groups is 1. The van der Waals surface area contributed by atoms with E-state index in [1.54, 1.807) is 0 Å². The Hall–Kier alpha value is -3.42. The highest BCUT2D eigenvalue weighted by Crippen LogP contribution is 2.56. The fourth-order valence-corrected chi connectivity index (χ4v) is 8.96. The van der Waals surface area contributed by atoms with E-state index in [4.69, 9.17) is 11.6 Å². The molecule has 35 heavy (non-hydrogen) atoms. The number of benzene rings is 5. The average Bonchev–Trinajstić information content (AvgIpc) is 3.19. The van der Waals surface area contributed by atoms with Crippen molar-refractivity contribution in [3.8, 4) is 11.1 Å². The second-order valence-electron chi connectivity index (χ2n) is 8.72. The lowest BCUT2D eigenvalue weighted by molar-refractivity contribution is 0.127. The minimum atomic E-state index is -3.35. The first kappa shape index (κ1) is 22.1. The number of halogens is 1. The number of rotatable bonds is 4. The van der Waals surface area contributed by atoms with E-state index >= 15 is 4.57 Å². The monoisotopic (exact) mass is 492 g/mol. The van der Waals surface area contributed by atoms with Gasteiger partial charge in [0.1, 0.15) is 5.60 Å². The summed E-state index contributed by atoms with van der Waals surface area (Å²) in [6.45, 7) is 0. The fourth-order valence-electron chi connectivity index (χ4n) is 5.27. The topological polar surface area (TPSA) is 37.3 Å². The zero-order chi connectivity index (χ0) is 24.0. The van der Waals surface area contributed by atoms with Gasteiger partial charge in [-0.05, 0) is 28.3 Å². The molecular formula is C31H22ClO2P. The van der Waals surface area contributed by atoms with Gasteiger partial charge >= 0.3 is 0 Å². The summed E-state index contributed by atoms with van der Waals surface area (Å²) >= 11 is 6.97. The number of hydrogen-bond donors (Lipinski definition) is 1. The molecule has 170 valence electrons. The van der Waals surface area contributed by atoms with Crippen molar-refractivity contribution in [1.29, 1.82) is 0 Å². The Morgan fingerprint density at radius 1 is 0.600 bits per heavy atom. The van der Waals surface area contributed by atoms with Crippen molar-refractivity contribution in [1.82, 2.24) is 0 Å². The standard InChI is InChI=1S/C31H22ClO2P/c32-27-21-20-26-25-18-10-11-19-28(25)35(34,24-16-8-3-9-17-24)30(26)29(27)31(33,22-12-4-1-5-13-22)23-14-6-2-7-15-23/h1-21,33H. The first-order valence-electron chi connectivity index (χ1n) is 11.5. The van der Waals surface area contributed by atoms with Crippen LogP contribution in [0.25, 0.3) is 11.1 Å². The smallest absolute Gasteiger partial charge is 0.172 e. The molecule has 1 N–H and O–H groups in total. The Bertz CT molecular complexity index is 1540. The Kier molecular flexibility index (Phi) is 5.27. The number of fused-ring (bicyclic) bond motifs is 3. The van der Waals surface area contributed by atoms with Crippen molar-refractivity contribution in [3.63, 3.8) is 0 Å². The lowest BCUT2D eigenvalue weighted by Crippen LogP contribution is -2.36. The van der Waals surface area contributed by atoms with Crippen LogP contribution in [0.15, 0.2) is 127 Å². The van der Waals surface area contributed by atoms with Crippen LogP contribution in [-0.2, 0) is 10.2 Å². The molecule has 0 aromatic heterocycles. The second-order valence-corrected chi connectivity index (χ2v) is 11.8. The molecule has 0 fully saturated rings. The van der Waals surface area contributed by atoms with Crippen molar-refractivity contribution in [3.05, 3.63) is 149 Å². The zero-order valence-electron chi connectivity index (χ0n) is 18.8. The Morgan fingerprint density at radius 3 is 1.71 bits per heavy atom. The summed E-state index contributed by atoms with van der Waals surface area (Å²) in [6, 6.07) is 40.0. The molecule has 0 saturated heterocycles. The van der Waals surface area contributed by atoms with Crippen LogP contribution in [0.5, 0.6) is 0 Å². The molecule has 1 atom stereocenters. The van der Waals surface area contributed by atoms with E-state index in [-0.39, 0.29) is 0 Å². The molecule has 5 aromatic rings. The molecule has 5 aromatic carbocycles. The quantitative estimate of drug-likeness (QED) is 0.233. The third-order valence-electron chi connectivity index (χ3n) is 6.84. The molecule has 4 heteroatoms. The summed E-state index contributed by atoms with van der Waals surface area (Å²) in [4.78, 5) is 0. The molecular weight excluding hydrogens is 471 g/mol. The highest BCUT2D eigenvalue weighted by atomic mass is 35.5. The Balaban J connectivity index is 1.78. The van der Waals surface area contributed by atoms with Crippen LogP contribution >= 0.6 is 18.7 Å². The van der Waals surface area contributed by atoms with Crippen molar-refractivity contribution in [2.75, 3.05) is 0 Å². The SMILES string of the molecule is O=P1(c2ccccc2)c2ccccc2-c2ccc(Cl)c(C(O)(c3ccccc3)c3ccccc3)c21. The summed E-state index contributed by atoms with van der Waals surface area (Å²) in [5.41, 5.74) is 1.94. The van der Waals surface area contributed by atoms with Gasteiger partial charge in [0.05, 0.1) is 0 Å². The normalized spacial score (nSPS) is 16.5. The molecule has 1 aliphatic heterocycles. The Labute approximate surface area is 209 Å². The molecule has 1 aliphatic rings. The van der Waals surface area contributed by atoms with Crippen LogP contribution in [0.1, 0.15) is 16.7 Å². The first-order chi connectivity index (χ1) is 17.1. The summed E-state index contributed by atoms with van der Waals surface area (Å²) in [5.74, 6) is 0. The minimum Gasteiger partial charge on any atom is -0.376 e. The van der Waals surface area contributed by atoms with E-state index in [1.165, 1.54) is 0 Å². The van der Waals surface area contributed by atoms with Gasteiger partial charge in [0, 0.05) is 26.5 Å². The maximum atomic E-state index is 15.4. The largest absolute Gasteiger partial charge is 0.376 e. The van der Waals surface area contributed by atoms with E-state index in [0.29, 0.717) is 27.0 Å². The van der Waals surface area contributed by atoms with Crippen LogP contribution in [0.4, 0.5) is 0 Å². The highest BCUT2D eigenvalue weighted by Gasteiger charge is 2.48. The molecule has 6 rings (SSSR count). The molecule has 0 spiro atoms. The van der Waals surface area contributed by atoms with E-state index in [0.717, 1.165) is 21.7 Å². The molecule has 1 heterocycles. The van der Waals surface area contributed by atoms with E-state index in [9.17, 15) is 5.11 Å². The summed E-state index contributed by atoms with van der Waals surface area (Å²) in [5, 5.41) is 15.2. The van der Waals surface area contributed by atoms with Gasteiger partial charge in [-0.1, -0.05) is 133 Å². The lowest BCUT2D eigenvalue weighted by Gasteiger charge is -2.34. The maximum absolute atomic E-state index is 15.4. The first-order valence-corrected chi connectivity index (χ1v) is 13.6. The van der Waals surface area contributed by atoms with Gasteiger partial charge in [0.15, 0.2) is 7.14 Å². The minimum absolute atomic E-state index is 0.378. The maximum Gasteiger partial charge on any atom is 0.172 e. The third-order valence-corrected chi connectivity index (χ3v) is 10.3. The van der Waals surface area contributed by atoms with E-state index in [1.807, 2.05) is 127 Å². The van der Waals surface area contributed by atoms with Crippen molar-refractivity contribution < 1.29 is 9.67 Å². The fraction of sp³-hybridized carbons (Fsp3) is 0.0323. The van der Waals surface area contributed by atoms with E-state index in [2.05, 4.69) is 0 Å². The Morgan fingerprint density at radius 2 is 1.11 bits per heavy atom. The van der Waals surface area contributed by atoms with Crippen molar-refractivity contribution >= 4 is 34.7 Å². The summed E-state index contributed by atoms with van der Waals surface area (Å²) in [7, 11) is -3.35. The number of hydrogen-bond acceptors (Lipinski definition) is 2. The van der Waals surface area contributed by atoms with E-state index < -0.39 is 12.7 Å². The van der Waals surface area contributed by atoms with Crippen LogP contribution in [-0.4, -0.2) is 5.11 Å². The van der Waals surface area contributed by atoms with Gasteiger partial charge in [-0.25, -0.2) is 0 Å². The molecule has 0 bridgehead atoms. The van der Waals surface area contributed by atoms with Crippen LogP contribution in [0.2, 0.25) is 5.02 Å². The predicted octanol–water partition coefficient (Wildman–Crippen LogP) is 6.24. The van der Waals surface area contributed by atoms with Crippen molar-refractivity contribution in [2.45, 2.75) is 5.60 Å². The molecule has 1 unspecified atom stereocenters. The third kappa shape index (κ3) is 3.18. The highest BCUT2D eigenvalue weighted by molar-refractivity contribution is 7.86. The van der Waals surface area contributed by atoms with Crippen LogP contribution in [0.3, 0.4) is 0 Å².